The van der Waals surface area contributed by atoms with Crippen LogP contribution in [0, 0.1) is 0 Å². The molecular weight excluding hydrogens is 156 g/mol. The molecule has 0 saturated carbocycles. The van der Waals surface area contributed by atoms with E-state index in [1.54, 1.807) is 0 Å². The van der Waals surface area contributed by atoms with Gasteiger partial charge >= 0.3 is 0 Å². The van der Waals surface area contributed by atoms with Crippen molar-refractivity contribution >= 4 is 23.5 Å². The molecule has 0 aromatic rings. The molecule has 1 aliphatic rings. The summed E-state index contributed by atoms with van der Waals surface area (Å²) in [4.78, 5) is 2.83. The molecule has 5 heteroatoms. The van der Waals surface area contributed by atoms with Crippen molar-refractivity contribution in [2.75, 3.05) is 5.75 Å². The maximum absolute atomic E-state index is 4.99. The summed E-state index contributed by atoms with van der Waals surface area (Å²) in [6, 6.07) is 0. The molecule has 1 rings (SSSR count). The van der Waals surface area contributed by atoms with E-state index in [9.17, 15) is 0 Å². The number of unbranched alkanes of at least 4 members (excludes halogenated alkanes) is 1. The quantitative estimate of drug-likeness (QED) is 0.438. The molecule has 1 aliphatic heterocycles. The highest BCUT2D eigenvalue weighted by Gasteiger charge is 2.37. The molecule has 0 bridgehead atoms. The molecule has 1 saturated heterocycles. The Balaban J connectivity index is 2.10. The highest BCUT2D eigenvalue weighted by Crippen LogP contribution is 2.53. The van der Waals surface area contributed by atoms with Crippen LogP contribution in [0.5, 0.6) is 0 Å². The average Bonchev–Trinajstić information content (AvgIpc) is 2.65. The zero-order valence-corrected chi connectivity index (χ0v) is 7.10. The average molecular weight is 168 g/mol. The third kappa shape index (κ3) is 2.01. The monoisotopic (exact) mass is 168 g/mol. The topological polar surface area (TPSA) is 46.5 Å². The normalized spacial score (nSPS) is 39.8. The standard InChI is InChI=1S/C4H12N2OS2/c1-2-3-4-9(6-8)5-7-9/h5-6,8H,2-4H2,1H3. The first-order valence-electron chi connectivity index (χ1n) is 3.00. The van der Waals surface area contributed by atoms with Gasteiger partial charge < -0.3 is 0 Å². The Morgan fingerprint density at radius 3 is 2.78 bits per heavy atom. The highest BCUT2D eigenvalue weighted by molar-refractivity contribution is 8.34. The Hall–Kier alpha value is 0.580. The van der Waals surface area contributed by atoms with E-state index in [2.05, 4.69) is 28.8 Å². The van der Waals surface area contributed by atoms with Gasteiger partial charge in [-0.05, 0) is 6.42 Å². The summed E-state index contributed by atoms with van der Waals surface area (Å²) in [7, 11) is -1.07. The van der Waals surface area contributed by atoms with Crippen LogP contribution in [-0.2, 0) is 4.28 Å². The van der Waals surface area contributed by atoms with Gasteiger partial charge in [0.15, 0.2) is 0 Å². The van der Waals surface area contributed by atoms with Gasteiger partial charge in [-0.1, -0.05) is 26.2 Å². The molecule has 0 radical (unpaired) electrons. The fourth-order valence-electron chi connectivity index (χ4n) is 0.555. The van der Waals surface area contributed by atoms with Gasteiger partial charge in [0, 0.05) is 16.4 Å². The van der Waals surface area contributed by atoms with E-state index >= 15 is 0 Å². The minimum atomic E-state index is -1.07. The molecule has 0 aromatic heterocycles. The molecule has 2 N–H and O–H groups in total. The summed E-state index contributed by atoms with van der Waals surface area (Å²) < 4.78 is 7.82. The van der Waals surface area contributed by atoms with E-state index in [-0.39, 0.29) is 0 Å². The highest BCUT2D eigenvalue weighted by atomic mass is 32.3. The van der Waals surface area contributed by atoms with Crippen molar-refractivity contribution in [3.8, 4) is 0 Å². The van der Waals surface area contributed by atoms with E-state index in [1.165, 1.54) is 12.8 Å². The minimum absolute atomic E-state index is 1.06. The summed E-state index contributed by atoms with van der Waals surface area (Å²) in [5.41, 5.74) is 0. The Morgan fingerprint density at radius 1 is 1.78 bits per heavy atom. The van der Waals surface area contributed by atoms with Crippen molar-refractivity contribution in [1.82, 2.24) is 9.01 Å². The lowest BCUT2D eigenvalue weighted by atomic mass is 10.4. The lowest BCUT2D eigenvalue weighted by Gasteiger charge is -2.09. The smallest absolute Gasteiger partial charge is 0.0310 e. The number of rotatable bonds is 4. The summed E-state index contributed by atoms with van der Waals surface area (Å²) in [6.07, 6.45) is 2.39. The molecule has 0 amide bonds. The number of nitrogens with one attached hydrogen (secondary N) is 2. The number of hydrogen-bond acceptors (Lipinski definition) is 4. The van der Waals surface area contributed by atoms with Gasteiger partial charge in [0.2, 0.25) is 0 Å². The van der Waals surface area contributed by atoms with Crippen molar-refractivity contribution in [3.05, 3.63) is 0 Å². The van der Waals surface area contributed by atoms with E-state index in [1.807, 2.05) is 0 Å². The van der Waals surface area contributed by atoms with E-state index in [0.29, 0.717) is 0 Å². The second-order valence-electron chi connectivity index (χ2n) is 1.99. The first-order valence-corrected chi connectivity index (χ1v) is 5.17. The van der Waals surface area contributed by atoms with Crippen molar-refractivity contribution in [2.24, 2.45) is 0 Å². The molecule has 0 aromatic carbocycles. The molecule has 3 nitrogen and oxygen atoms in total. The van der Waals surface area contributed by atoms with Crippen LogP contribution in [0.25, 0.3) is 0 Å². The predicted molar refractivity (Wildman–Crippen MR) is 43.7 cm³/mol. The van der Waals surface area contributed by atoms with Crippen LogP contribution in [0.4, 0.5) is 0 Å². The van der Waals surface area contributed by atoms with Crippen LogP contribution in [0.15, 0.2) is 0 Å². The molecule has 0 spiro atoms. The Kier molecular flexibility index (Phi) is 2.66. The van der Waals surface area contributed by atoms with Crippen molar-refractivity contribution < 1.29 is 4.28 Å². The van der Waals surface area contributed by atoms with Crippen LogP contribution in [0.3, 0.4) is 0 Å². The van der Waals surface area contributed by atoms with Gasteiger partial charge in [0.1, 0.15) is 0 Å². The SMILES string of the molecule is CCCCS1(NS)NO1. The molecule has 1 fully saturated rings. The van der Waals surface area contributed by atoms with Crippen LogP contribution in [0.2, 0.25) is 0 Å². The van der Waals surface area contributed by atoms with Gasteiger partial charge in [0.05, 0.1) is 0 Å². The van der Waals surface area contributed by atoms with Gasteiger partial charge in [-0.25, -0.2) is 4.28 Å². The molecule has 0 aliphatic carbocycles. The van der Waals surface area contributed by atoms with Gasteiger partial charge in [-0.15, -0.1) is 4.89 Å². The summed E-state index contributed by atoms with van der Waals surface area (Å²) in [5.74, 6) is 1.06. The van der Waals surface area contributed by atoms with E-state index < -0.39 is 10.7 Å². The van der Waals surface area contributed by atoms with Crippen LogP contribution in [0.1, 0.15) is 19.8 Å². The zero-order chi connectivity index (χ0) is 6.74. The third-order valence-corrected chi connectivity index (χ3v) is 3.83. The summed E-state index contributed by atoms with van der Waals surface area (Å²) in [6.45, 7) is 2.16. The molecular formula is C4H12N2OS2. The lowest BCUT2D eigenvalue weighted by Crippen LogP contribution is -2.03. The molecule has 1 atom stereocenters. The second kappa shape index (κ2) is 3.12. The molecule has 56 valence electrons. The Morgan fingerprint density at radius 2 is 2.44 bits per heavy atom. The zero-order valence-electron chi connectivity index (χ0n) is 5.39. The lowest BCUT2D eigenvalue weighted by molar-refractivity contribution is 0.467. The predicted octanol–water partition coefficient (Wildman–Crippen LogP) is 1.31. The van der Waals surface area contributed by atoms with Crippen molar-refractivity contribution in [1.29, 1.82) is 0 Å². The van der Waals surface area contributed by atoms with Crippen LogP contribution >= 0.6 is 23.5 Å². The van der Waals surface area contributed by atoms with Gasteiger partial charge in [-0.2, -0.15) is 4.13 Å². The van der Waals surface area contributed by atoms with Crippen molar-refractivity contribution in [3.63, 3.8) is 0 Å². The van der Waals surface area contributed by atoms with Gasteiger partial charge in [0.25, 0.3) is 0 Å². The molecule has 1 heterocycles. The Labute approximate surface area is 62.8 Å². The summed E-state index contributed by atoms with van der Waals surface area (Å²) in [5, 5.41) is 0. The maximum Gasteiger partial charge on any atom is 0.0310 e. The summed E-state index contributed by atoms with van der Waals surface area (Å²) >= 11 is 3.94. The fraction of sp³-hybridized carbons (Fsp3) is 1.00. The maximum atomic E-state index is 4.99. The van der Waals surface area contributed by atoms with Gasteiger partial charge in [-0.3, -0.25) is 0 Å². The number of thiol groups is 1. The fourth-order valence-corrected chi connectivity index (χ4v) is 2.41. The van der Waals surface area contributed by atoms with Crippen molar-refractivity contribution in [2.45, 2.75) is 19.8 Å². The van der Waals surface area contributed by atoms with E-state index in [4.69, 9.17) is 4.28 Å². The first-order chi connectivity index (χ1) is 4.33. The first kappa shape index (κ1) is 7.68. The largest absolute Gasteiger partial charge is 0.211 e. The molecule has 1 unspecified atom stereocenters. The third-order valence-electron chi connectivity index (χ3n) is 1.22. The van der Waals surface area contributed by atoms with Crippen LogP contribution < -0.4 is 9.01 Å². The number of hydrogen-bond donors (Lipinski definition) is 3. The Bertz CT molecular complexity index is 96.6. The second-order valence-corrected chi connectivity index (χ2v) is 4.81. The molecule has 9 heavy (non-hydrogen) atoms. The minimum Gasteiger partial charge on any atom is -0.211 e. The van der Waals surface area contributed by atoms with Crippen LogP contribution in [-0.4, -0.2) is 5.75 Å². The van der Waals surface area contributed by atoms with E-state index in [0.717, 1.165) is 5.75 Å².